The molecule has 0 aliphatic heterocycles. The topological polar surface area (TPSA) is 69.2 Å². The molecule has 0 radical (unpaired) electrons. The standard InChI is InChI=1S/C14H22N2O3S/c1-11-8-14(19-2)16-13(15-11)10-20(17,18)9-12-6-4-3-5-7-12/h8,12H,3-7,9-10H2,1-2H3. The minimum atomic E-state index is -3.16. The fourth-order valence-electron chi connectivity index (χ4n) is 2.74. The summed E-state index contributed by atoms with van der Waals surface area (Å²) < 4.78 is 29.6. The SMILES string of the molecule is COc1cc(C)nc(CS(=O)(=O)CC2CCCCC2)n1. The van der Waals surface area contributed by atoms with Crippen LogP contribution in [0.3, 0.4) is 0 Å². The quantitative estimate of drug-likeness (QED) is 0.834. The zero-order valence-corrected chi connectivity index (χ0v) is 12.9. The normalized spacial score (nSPS) is 17.1. The molecule has 1 fully saturated rings. The molecular formula is C14H22N2O3S. The lowest BCUT2D eigenvalue weighted by molar-refractivity contribution is 0.384. The van der Waals surface area contributed by atoms with E-state index in [9.17, 15) is 8.42 Å². The molecule has 1 aromatic heterocycles. The summed E-state index contributed by atoms with van der Waals surface area (Å²) in [7, 11) is -1.64. The molecule has 1 heterocycles. The zero-order chi connectivity index (χ0) is 14.6. The summed E-state index contributed by atoms with van der Waals surface area (Å²) in [5.41, 5.74) is 0.722. The number of methoxy groups -OCH3 is 1. The molecule has 6 heteroatoms. The Morgan fingerprint density at radius 3 is 2.60 bits per heavy atom. The molecule has 0 saturated heterocycles. The molecule has 0 bridgehead atoms. The highest BCUT2D eigenvalue weighted by molar-refractivity contribution is 7.90. The van der Waals surface area contributed by atoms with Gasteiger partial charge >= 0.3 is 0 Å². The van der Waals surface area contributed by atoms with Crippen LogP contribution in [0.1, 0.15) is 43.6 Å². The van der Waals surface area contributed by atoms with Gasteiger partial charge in [0, 0.05) is 11.8 Å². The molecule has 1 aliphatic rings. The summed E-state index contributed by atoms with van der Waals surface area (Å²) in [6.45, 7) is 1.81. The first-order valence-electron chi connectivity index (χ1n) is 7.07. The van der Waals surface area contributed by atoms with E-state index in [1.165, 1.54) is 13.5 Å². The van der Waals surface area contributed by atoms with Crippen LogP contribution >= 0.6 is 0 Å². The number of aryl methyl sites for hydroxylation is 1. The van der Waals surface area contributed by atoms with Gasteiger partial charge in [0.2, 0.25) is 5.88 Å². The number of sulfone groups is 1. The van der Waals surface area contributed by atoms with Gasteiger partial charge in [-0.25, -0.2) is 13.4 Å². The Balaban J connectivity index is 2.05. The number of hydrogen-bond donors (Lipinski definition) is 0. The van der Waals surface area contributed by atoms with Crippen LogP contribution in [-0.2, 0) is 15.6 Å². The number of nitrogens with zero attached hydrogens (tertiary/aromatic N) is 2. The molecule has 0 aromatic carbocycles. The summed E-state index contributed by atoms with van der Waals surface area (Å²) >= 11 is 0. The van der Waals surface area contributed by atoms with E-state index in [-0.39, 0.29) is 11.5 Å². The van der Waals surface area contributed by atoms with Crippen molar-refractivity contribution in [2.24, 2.45) is 5.92 Å². The van der Waals surface area contributed by atoms with Gasteiger partial charge in [0.15, 0.2) is 9.84 Å². The van der Waals surface area contributed by atoms with Crippen LogP contribution in [0, 0.1) is 12.8 Å². The monoisotopic (exact) mass is 298 g/mol. The van der Waals surface area contributed by atoms with Gasteiger partial charge in [0.25, 0.3) is 0 Å². The summed E-state index contributed by atoms with van der Waals surface area (Å²) in [6.07, 6.45) is 5.58. The average molecular weight is 298 g/mol. The van der Waals surface area contributed by atoms with Gasteiger partial charge in [-0.05, 0) is 25.7 Å². The van der Waals surface area contributed by atoms with Crippen molar-refractivity contribution in [3.63, 3.8) is 0 Å². The number of hydrogen-bond acceptors (Lipinski definition) is 5. The number of aromatic nitrogens is 2. The minimum Gasteiger partial charge on any atom is -0.481 e. The van der Waals surface area contributed by atoms with Gasteiger partial charge in [-0.1, -0.05) is 19.3 Å². The first kappa shape index (κ1) is 15.2. The van der Waals surface area contributed by atoms with Gasteiger partial charge in [-0.2, -0.15) is 4.98 Å². The Morgan fingerprint density at radius 1 is 1.25 bits per heavy atom. The van der Waals surface area contributed by atoms with Crippen LogP contribution < -0.4 is 4.74 Å². The molecule has 112 valence electrons. The van der Waals surface area contributed by atoms with E-state index in [1.807, 2.05) is 0 Å². The fourth-order valence-corrected chi connectivity index (χ4v) is 4.43. The van der Waals surface area contributed by atoms with Crippen molar-refractivity contribution in [1.82, 2.24) is 9.97 Å². The van der Waals surface area contributed by atoms with Crippen LogP contribution in [-0.4, -0.2) is 31.2 Å². The maximum Gasteiger partial charge on any atom is 0.216 e. The predicted molar refractivity (Wildman–Crippen MR) is 77.4 cm³/mol. The number of ether oxygens (including phenoxy) is 1. The third-order valence-electron chi connectivity index (χ3n) is 3.65. The molecular weight excluding hydrogens is 276 g/mol. The van der Waals surface area contributed by atoms with Crippen LogP contribution in [0.25, 0.3) is 0 Å². The minimum absolute atomic E-state index is 0.0957. The van der Waals surface area contributed by atoms with Crippen molar-refractivity contribution in [3.05, 3.63) is 17.6 Å². The molecule has 1 saturated carbocycles. The summed E-state index contributed by atoms with van der Waals surface area (Å²) in [6, 6.07) is 1.69. The molecule has 5 nitrogen and oxygen atoms in total. The number of rotatable bonds is 5. The maximum absolute atomic E-state index is 12.3. The van der Waals surface area contributed by atoms with Crippen molar-refractivity contribution in [1.29, 1.82) is 0 Å². The van der Waals surface area contributed by atoms with Crippen molar-refractivity contribution in [2.45, 2.75) is 44.8 Å². The Hall–Kier alpha value is -1.17. The molecule has 1 aliphatic carbocycles. The molecule has 0 amide bonds. The third-order valence-corrected chi connectivity index (χ3v) is 5.33. The summed E-state index contributed by atoms with van der Waals surface area (Å²) in [5.74, 6) is 1.22. The van der Waals surface area contributed by atoms with Gasteiger partial charge in [-0.3, -0.25) is 0 Å². The lowest BCUT2D eigenvalue weighted by atomic mass is 9.91. The van der Waals surface area contributed by atoms with E-state index in [0.717, 1.165) is 31.4 Å². The third kappa shape index (κ3) is 4.44. The first-order chi connectivity index (χ1) is 9.48. The van der Waals surface area contributed by atoms with Crippen LogP contribution in [0.15, 0.2) is 6.07 Å². The summed E-state index contributed by atoms with van der Waals surface area (Å²) in [4.78, 5) is 8.31. The predicted octanol–water partition coefficient (Wildman–Crippen LogP) is 2.29. The highest BCUT2D eigenvalue weighted by atomic mass is 32.2. The Labute approximate surface area is 120 Å². The van der Waals surface area contributed by atoms with Crippen LogP contribution in [0.5, 0.6) is 5.88 Å². The van der Waals surface area contributed by atoms with Crippen molar-refractivity contribution < 1.29 is 13.2 Å². The fraction of sp³-hybridized carbons (Fsp3) is 0.714. The second-order valence-electron chi connectivity index (χ2n) is 5.53. The highest BCUT2D eigenvalue weighted by Gasteiger charge is 2.23. The summed E-state index contributed by atoms with van der Waals surface area (Å²) in [5, 5.41) is 0. The molecule has 0 unspecified atom stereocenters. The molecule has 1 aromatic rings. The van der Waals surface area contributed by atoms with Crippen LogP contribution in [0.2, 0.25) is 0 Å². The van der Waals surface area contributed by atoms with Crippen molar-refractivity contribution in [2.75, 3.05) is 12.9 Å². The van der Waals surface area contributed by atoms with E-state index < -0.39 is 9.84 Å². The molecule has 0 N–H and O–H groups in total. The molecule has 0 spiro atoms. The van der Waals surface area contributed by atoms with E-state index >= 15 is 0 Å². The van der Waals surface area contributed by atoms with Crippen molar-refractivity contribution >= 4 is 9.84 Å². The lowest BCUT2D eigenvalue weighted by Gasteiger charge is -2.21. The molecule has 20 heavy (non-hydrogen) atoms. The lowest BCUT2D eigenvalue weighted by Crippen LogP contribution is -2.21. The van der Waals surface area contributed by atoms with E-state index in [0.29, 0.717) is 17.6 Å². The van der Waals surface area contributed by atoms with Gasteiger partial charge in [0.05, 0.1) is 12.9 Å². The maximum atomic E-state index is 12.3. The second-order valence-corrected chi connectivity index (χ2v) is 7.64. The van der Waals surface area contributed by atoms with Crippen LogP contribution in [0.4, 0.5) is 0 Å². The molecule has 0 atom stereocenters. The van der Waals surface area contributed by atoms with Gasteiger partial charge < -0.3 is 4.74 Å². The Bertz CT molecular complexity index is 552. The first-order valence-corrected chi connectivity index (χ1v) is 8.89. The zero-order valence-electron chi connectivity index (χ0n) is 12.1. The largest absolute Gasteiger partial charge is 0.481 e. The van der Waals surface area contributed by atoms with E-state index in [2.05, 4.69) is 9.97 Å². The highest BCUT2D eigenvalue weighted by Crippen LogP contribution is 2.25. The average Bonchev–Trinajstić information content (AvgIpc) is 2.37. The smallest absolute Gasteiger partial charge is 0.216 e. The van der Waals surface area contributed by atoms with E-state index in [1.54, 1.807) is 13.0 Å². The Kier molecular flexibility index (Phi) is 4.96. The van der Waals surface area contributed by atoms with E-state index in [4.69, 9.17) is 4.74 Å². The van der Waals surface area contributed by atoms with Crippen molar-refractivity contribution in [3.8, 4) is 5.88 Å². The van der Waals surface area contributed by atoms with Gasteiger partial charge in [0.1, 0.15) is 11.6 Å². The van der Waals surface area contributed by atoms with Gasteiger partial charge in [-0.15, -0.1) is 0 Å². The second kappa shape index (κ2) is 6.52. The molecule has 2 rings (SSSR count). The Morgan fingerprint density at radius 2 is 1.95 bits per heavy atom.